The summed E-state index contributed by atoms with van der Waals surface area (Å²) in [6.45, 7) is 1.43. The number of primary sulfonamides is 1. The van der Waals surface area contributed by atoms with E-state index in [4.69, 9.17) is 19.3 Å². The van der Waals surface area contributed by atoms with Gasteiger partial charge in [-0.15, -0.1) is 0 Å². The number of carbonyl (C=O) groups excluding carboxylic acids is 2. The number of ether oxygens (including phenoxy) is 3. The van der Waals surface area contributed by atoms with E-state index in [0.29, 0.717) is 22.7 Å². The summed E-state index contributed by atoms with van der Waals surface area (Å²) < 4.78 is 38.0. The number of anilines is 1. The van der Waals surface area contributed by atoms with Crippen LogP contribution in [0.5, 0.6) is 11.5 Å². The molecule has 0 aliphatic carbocycles. The predicted octanol–water partition coefficient (Wildman–Crippen LogP) is 1.46. The fourth-order valence-electron chi connectivity index (χ4n) is 2.42. The fourth-order valence-corrected chi connectivity index (χ4v) is 2.94. The minimum absolute atomic E-state index is 0.0545. The number of nitrogens with one attached hydrogen (secondary N) is 1. The van der Waals surface area contributed by atoms with Gasteiger partial charge < -0.3 is 19.5 Å². The van der Waals surface area contributed by atoms with E-state index in [2.05, 4.69) is 5.32 Å². The van der Waals surface area contributed by atoms with Gasteiger partial charge in [0.05, 0.1) is 25.5 Å². The van der Waals surface area contributed by atoms with Gasteiger partial charge in [-0.3, -0.25) is 9.59 Å². The molecular formula is C19H22N2O7S. The summed E-state index contributed by atoms with van der Waals surface area (Å²) in [5.74, 6) is -0.143. The number of nitrogens with two attached hydrogens (primary N) is 1. The molecule has 1 unspecified atom stereocenters. The molecule has 9 nitrogen and oxygen atoms in total. The smallest absolute Gasteiger partial charge is 0.311 e. The van der Waals surface area contributed by atoms with Crippen LogP contribution in [0.25, 0.3) is 0 Å². The molecule has 10 heteroatoms. The van der Waals surface area contributed by atoms with E-state index in [1.54, 1.807) is 18.2 Å². The zero-order valence-corrected chi connectivity index (χ0v) is 17.0. The molecule has 156 valence electrons. The monoisotopic (exact) mass is 422 g/mol. The van der Waals surface area contributed by atoms with E-state index >= 15 is 0 Å². The van der Waals surface area contributed by atoms with Gasteiger partial charge in [0.15, 0.2) is 17.6 Å². The van der Waals surface area contributed by atoms with Crippen LogP contribution in [-0.2, 0) is 30.8 Å². The standard InChI is InChI=1S/C19H22N2O7S/c1-12(19(23)21-14-5-7-15(8-6-14)29(20,24)25)28-18(22)11-13-4-9-16(26-2)17(10-13)27-3/h4-10,12H,11H2,1-3H3,(H,21,23)(H2,20,24,25). The Balaban J connectivity index is 1.94. The molecule has 2 rings (SSSR count). The van der Waals surface area contributed by atoms with Crippen molar-refractivity contribution in [3.8, 4) is 11.5 Å². The highest BCUT2D eigenvalue weighted by molar-refractivity contribution is 7.89. The molecule has 0 spiro atoms. The molecule has 2 aromatic rings. The highest BCUT2D eigenvalue weighted by Gasteiger charge is 2.19. The van der Waals surface area contributed by atoms with Crippen molar-refractivity contribution in [2.45, 2.75) is 24.3 Å². The van der Waals surface area contributed by atoms with Crippen molar-refractivity contribution >= 4 is 27.6 Å². The zero-order chi connectivity index (χ0) is 21.6. The second kappa shape index (κ2) is 9.39. The normalized spacial score (nSPS) is 12.0. The molecule has 0 fully saturated rings. The number of esters is 1. The Labute approximate surface area is 168 Å². The van der Waals surface area contributed by atoms with Gasteiger partial charge in [-0.25, -0.2) is 13.6 Å². The SMILES string of the molecule is COc1ccc(CC(=O)OC(C)C(=O)Nc2ccc(S(N)(=O)=O)cc2)cc1OC. The van der Waals surface area contributed by atoms with Crippen molar-refractivity contribution in [1.82, 2.24) is 0 Å². The quantitative estimate of drug-likeness (QED) is 0.615. The third-order valence-electron chi connectivity index (χ3n) is 3.92. The third-order valence-corrected chi connectivity index (χ3v) is 4.85. The molecule has 0 saturated carbocycles. The van der Waals surface area contributed by atoms with Gasteiger partial charge in [-0.05, 0) is 48.9 Å². The predicted molar refractivity (Wildman–Crippen MR) is 105 cm³/mol. The number of benzene rings is 2. The summed E-state index contributed by atoms with van der Waals surface area (Å²) in [4.78, 5) is 24.3. The van der Waals surface area contributed by atoms with E-state index in [0.717, 1.165) is 0 Å². The molecule has 1 atom stereocenters. The molecule has 0 heterocycles. The van der Waals surface area contributed by atoms with Crippen molar-refractivity contribution in [3.63, 3.8) is 0 Å². The lowest BCUT2D eigenvalue weighted by atomic mass is 10.1. The Morgan fingerprint density at radius 2 is 1.66 bits per heavy atom. The van der Waals surface area contributed by atoms with E-state index in [1.165, 1.54) is 45.4 Å². The van der Waals surface area contributed by atoms with Crippen LogP contribution in [0.1, 0.15) is 12.5 Å². The van der Waals surface area contributed by atoms with Crippen LogP contribution in [0.4, 0.5) is 5.69 Å². The minimum atomic E-state index is -3.82. The van der Waals surface area contributed by atoms with E-state index in [-0.39, 0.29) is 11.3 Å². The largest absolute Gasteiger partial charge is 0.493 e. The van der Waals surface area contributed by atoms with Crippen LogP contribution < -0.4 is 19.9 Å². The summed E-state index contributed by atoms with van der Waals surface area (Å²) in [5.41, 5.74) is 0.976. The second-order valence-electron chi connectivity index (χ2n) is 6.06. The first-order valence-electron chi connectivity index (χ1n) is 8.48. The second-order valence-corrected chi connectivity index (χ2v) is 7.62. The zero-order valence-electron chi connectivity index (χ0n) is 16.2. The lowest BCUT2D eigenvalue weighted by molar-refractivity contribution is -0.152. The van der Waals surface area contributed by atoms with Gasteiger partial charge >= 0.3 is 5.97 Å². The molecule has 1 amide bonds. The highest BCUT2D eigenvalue weighted by Crippen LogP contribution is 2.27. The molecule has 29 heavy (non-hydrogen) atoms. The van der Waals surface area contributed by atoms with E-state index in [9.17, 15) is 18.0 Å². The van der Waals surface area contributed by atoms with Crippen molar-refractivity contribution in [1.29, 1.82) is 0 Å². The van der Waals surface area contributed by atoms with Crippen molar-refractivity contribution in [3.05, 3.63) is 48.0 Å². The topological polar surface area (TPSA) is 134 Å². The number of methoxy groups -OCH3 is 2. The van der Waals surface area contributed by atoms with Crippen LogP contribution >= 0.6 is 0 Å². The number of hydrogen-bond acceptors (Lipinski definition) is 7. The Hall–Kier alpha value is -3.11. The first-order chi connectivity index (χ1) is 13.6. The van der Waals surface area contributed by atoms with Crippen molar-refractivity contribution in [2.75, 3.05) is 19.5 Å². The molecule has 2 aromatic carbocycles. The molecule has 0 bridgehead atoms. The number of hydrogen-bond donors (Lipinski definition) is 2. The number of amides is 1. The van der Waals surface area contributed by atoms with Gasteiger partial charge in [0.2, 0.25) is 10.0 Å². The first kappa shape index (κ1) is 22.2. The number of rotatable bonds is 8. The summed E-state index contributed by atoms with van der Waals surface area (Å²) in [6.07, 6.45) is -1.11. The van der Waals surface area contributed by atoms with Gasteiger partial charge in [0.1, 0.15) is 0 Å². The maximum atomic E-state index is 12.2. The fraction of sp³-hybridized carbons (Fsp3) is 0.263. The van der Waals surface area contributed by atoms with Crippen LogP contribution in [0.2, 0.25) is 0 Å². The Bertz CT molecular complexity index is 988. The summed E-state index contributed by atoms with van der Waals surface area (Å²) in [6, 6.07) is 10.3. The van der Waals surface area contributed by atoms with E-state index in [1.807, 2.05) is 0 Å². The van der Waals surface area contributed by atoms with Gasteiger partial charge in [0.25, 0.3) is 5.91 Å². The molecule has 3 N–H and O–H groups in total. The molecule has 0 aliphatic heterocycles. The van der Waals surface area contributed by atoms with Crippen LogP contribution in [0.3, 0.4) is 0 Å². The van der Waals surface area contributed by atoms with Crippen LogP contribution in [-0.4, -0.2) is 40.6 Å². The van der Waals surface area contributed by atoms with Gasteiger partial charge in [-0.1, -0.05) is 6.07 Å². The number of carbonyl (C=O) groups is 2. The maximum Gasteiger partial charge on any atom is 0.311 e. The Morgan fingerprint density at radius 3 is 2.21 bits per heavy atom. The van der Waals surface area contributed by atoms with Gasteiger partial charge in [-0.2, -0.15) is 0 Å². The minimum Gasteiger partial charge on any atom is -0.493 e. The average Bonchev–Trinajstić information content (AvgIpc) is 2.67. The molecule has 0 aromatic heterocycles. The Morgan fingerprint density at radius 1 is 1.03 bits per heavy atom. The summed E-state index contributed by atoms with van der Waals surface area (Å²) >= 11 is 0. The van der Waals surface area contributed by atoms with Crippen molar-refractivity contribution in [2.24, 2.45) is 5.14 Å². The molecule has 0 radical (unpaired) electrons. The van der Waals surface area contributed by atoms with Gasteiger partial charge in [0, 0.05) is 5.69 Å². The summed E-state index contributed by atoms with van der Waals surface area (Å²) in [5, 5.41) is 7.56. The maximum absolute atomic E-state index is 12.2. The molecule has 0 aliphatic rings. The molecular weight excluding hydrogens is 400 g/mol. The van der Waals surface area contributed by atoms with Crippen LogP contribution in [0.15, 0.2) is 47.4 Å². The Kier molecular flexibility index (Phi) is 7.18. The number of sulfonamides is 1. The first-order valence-corrected chi connectivity index (χ1v) is 10.0. The lowest BCUT2D eigenvalue weighted by Gasteiger charge is -2.14. The highest BCUT2D eigenvalue weighted by atomic mass is 32.2. The third kappa shape index (κ3) is 6.19. The van der Waals surface area contributed by atoms with Crippen LogP contribution in [0, 0.1) is 0 Å². The average molecular weight is 422 g/mol. The summed E-state index contributed by atoms with van der Waals surface area (Å²) in [7, 11) is -0.822. The lowest BCUT2D eigenvalue weighted by Crippen LogP contribution is -2.30. The van der Waals surface area contributed by atoms with Crippen molar-refractivity contribution < 1.29 is 32.2 Å². The molecule has 0 saturated heterocycles. The van der Waals surface area contributed by atoms with E-state index < -0.39 is 28.0 Å².